The molecule has 19 heavy (non-hydrogen) atoms. The molecule has 0 saturated carbocycles. The van der Waals surface area contributed by atoms with Gasteiger partial charge in [-0.15, -0.1) is 0 Å². The Morgan fingerprint density at radius 2 is 2.21 bits per heavy atom. The van der Waals surface area contributed by atoms with Gasteiger partial charge in [-0.05, 0) is 55.5 Å². The normalized spacial score (nSPS) is 19.7. The number of piperidine rings is 1. The molecule has 2 rings (SSSR count). The van der Waals surface area contributed by atoms with Gasteiger partial charge in [-0.25, -0.2) is 0 Å². The molecule has 0 aromatic heterocycles. The van der Waals surface area contributed by atoms with E-state index in [0.29, 0.717) is 12.0 Å². The fraction of sp³-hybridized carbons (Fsp3) is 0.625. The van der Waals surface area contributed by atoms with Crippen LogP contribution in [0.3, 0.4) is 0 Å². The molecule has 106 valence electrons. The fourth-order valence-electron chi connectivity index (χ4n) is 2.58. The number of rotatable bonds is 5. The third kappa shape index (κ3) is 4.39. The minimum absolute atomic E-state index is 0.432. The molecule has 1 atom stereocenters. The standard InChI is InChI=1S/C16H24ClNO/c1-12(2)15-11-13(17)6-7-16(15)19-10-8-14-5-3-4-9-18-14/h6-7,11-12,14,18H,3-5,8-10H2,1-2H3. The molecule has 1 aliphatic heterocycles. The summed E-state index contributed by atoms with van der Waals surface area (Å²) >= 11 is 6.05. The Bertz CT molecular complexity index is 400. The molecule has 1 saturated heterocycles. The molecule has 1 aromatic rings. The van der Waals surface area contributed by atoms with E-state index in [0.717, 1.165) is 30.3 Å². The van der Waals surface area contributed by atoms with E-state index in [9.17, 15) is 0 Å². The van der Waals surface area contributed by atoms with Gasteiger partial charge in [0.2, 0.25) is 0 Å². The number of benzene rings is 1. The van der Waals surface area contributed by atoms with Gasteiger partial charge in [0.05, 0.1) is 6.61 Å². The van der Waals surface area contributed by atoms with Crippen molar-refractivity contribution in [3.8, 4) is 5.75 Å². The molecule has 1 fully saturated rings. The molecule has 2 nitrogen and oxygen atoms in total. The number of hydrogen-bond acceptors (Lipinski definition) is 2. The highest BCUT2D eigenvalue weighted by Crippen LogP contribution is 2.29. The van der Waals surface area contributed by atoms with Crippen LogP contribution in [0.5, 0.6) is 5.75 Å². The first-order valence-corrected chi connectivity index (χ1v) is 7.70. The van der Waals surface area contributed by atoms with Gasteiger partial charge >= 0.3 is 0 Å². The Hall–Kier alpha value is -0.730. The summed E-state index contributed by atoms with van der Waals surface area (Å²) in [5.74, 6) is 1.41. The predicted octanol–water partition coefficient (Wildman–Crippen LogP) is 4.37. The number of hydrogen-bond donors (Lipinski definition) is 1. The van der Waals surface area contributed by atoms with Gasteiger partial charge in [0.15, 0.2) is 0 Å². The molecule has 1 unspecified atom stereocenters. The minimum atomic E-state index is 0.432. The summed E-state index contributed by atoms with van der Waals surface area (Å²) in [5.41, 5.74) is 1.20. The smallest absolute Gasteiger partial charge is 0.122 e. The van der Waals surface area contributed by atoms with Crippen LogP contribution in [0.25, 0.3) is 0 Å². The Labute approximate surface area is 121 Å². The quantitative estimate of drug-likeness (QED) is 0.865. The minimum Gasteiger partial charge on any atom is -0.493 e. The monoisotopic (exact) mass is 281 g/mol. The van der Waals surface area contributed by atoms with Crippen molar-refractivity contribution in [2.45, 2.75) is 51.5 Å². The first kappa shape index (κ1) is 14.7. The van der Waals surface area contributed by atoms with Crippen molar-refractivity contribution in [3.05, 3.63) is 28.8 Å². The lowest BCUT2D eigenvalue weighted by Gasteiger charge is -2.23. The van der Waals surface area contributed by atoms with Gasteiger partial charge in [0, 0.05) is 11.1 Å². The summed E-state index contributed by atoms with van der Waals surface area (Å²) in [6.45, 7) is 6.27. The first-order valence-electron chi connectivity index (χ1n) is 7.32. The third-order valence-electron chi connectivity index (χ3n) is 3.73. The molecule has 1 heterocycles. The van der Waals surface area contributed by atoms with Crippen LogP contribution in [-0.4, -0.2) is 19.2 Å². The molecule has 0 aliphatic carbocycles. The van der Waals surface area contributed by atoms with Crippen molar-refractivity contribution in [1.29, 1.82) is 0 Å². The largest absolute Gasteiger partial charge is 0.493 e. The maximum atomic E-state index is 6.05. The molecule has 3 heteroatoms. The van der Waals surface area contributed by atoms with Crippen LogP contribution in [0, 0.1) is 0 Å². The van der Waals surface area contributed by atoms with E-state index in [1.165, 1.54) is 24.8 Å². The topological polar surface area (TPSA) is 21.3 Å². The second-order valence-corrected chi connectivity index (χ2v) is 6.06. The van der Waals surface area contributed by atoms with E-state index in [2.05, 4.69) is 19.2 Å². The van der Waals surface area contributed by atoms with Gasteiger partial charge in [-0.3, -0.25) is 0 Å². The zero-order chi connectivity index (χ0) is 13.7. The van der Waals surface area contributed by atoms with Crippen LogP contribution in [0.15, 0.2) is 18.2 Å². The summed E-state index contributed by atoms with van der Waals surface area (Å²) in [4.78, 5) is 0. The van der Waals surface area contributed by atoms with Crippen LogP contribution in [-0.2, 0) is 0 Å². The van der Waals surface area contributed by atoms with Crippen LogP contribution in [0.4, 0.5) is 0 Å². The third-order valence-corrected chi connectivity index (χ3v) is 3.97. The molecular formula is C16H24ClNO. The van der Waals surface area contributed by atoms with Crippen LogP contribution >= 0.6 is 11.6 Å². The van der Waals surface area contributed by atoms with E-state index < -0.39 is 0 Å². The van der Waals surface area contributed by atoms with E-state index in [4.69, 9.17) is 16.3 Å². The van der Waals surface area contributed by atoms with Crippen molar-refractivity contribution < 1.29 is 4.74 Å². The molecule has 0 amide bonds. The maximum Gasteiger partial charge on any atom is 0.122 e. The zero-order valence-corrected chi connectivity index (χ0v) is 12.7. The van der Waals surface area contributed by atoms with Crippen LogP contribution in [0.2, 0.25) is 5.02 Å². The highest BCUT2D eigenvalue weighted by Gasteiger charge is 2.13. The second-order valence-electron chi connectivity index (χ2n) is 5.62. The van der Waals surface area contributed by atoms with Crippen molar-refractivity contribution in [3.63, 3.8) is 0 Å². The lowest BCUT2D eigenvalue weighted by atomic mass is 10.0. The highest BCUT2D eigenvalue weighted by atomic mass is 35.5. The maximum absolute atomic E-state index is 6.05. The van der Waals surface area contributed by atoms with Crippen molar-refractivity contribution in [1.82, 2.24) is 5.32 Å². The average molecular weight is 282 g/mol. The van der Waals surface area contributed by atoms with Gasteiger partial charge in [-0.2, -0.15) is 0 Å². The SMILES string of the molecule is CC(C)c1cc(Cl)ccc1OCCC1CCCCN1. The number of nitrogens with one attached hydrogen (secondary N) is 1. The fourth-order valence-corrected chi connectivity index (χ4v) is 2.76. The first-order chi connectivity index (χ1) is 9.16. The second kappa shape index (κ2) is 7.16. The summed E-state index contributed by atoms with van der Waals surface area (Å²) in [6.07, 6.45) is 5.02. The molecule has 0 bridgehead atoms. The predicted molar refractivity (Wildman–Crippen MR) is 81.3 cm³/mol. The molecule has 0 spiro atoms. The molecule has 0 radical (unpaired) electrons. The summed E-state index contributed by atoms with van der Waals surface area (Å²) < 4.78 is 5.96. The average Bonchev–Trinajstić information content (AvgIpc) is 2.41. The van der Waals surface area contributed by atoms with E-state index in [-0.39, 0.29) is 0 Å². The highest BCUT2D eigenvalue weighted by molar-refractivity contribution is 6.30. The Kier molecular flexibility index (Phi) is 5.53. The lowest BCUT2D eigenvalue weighted by Crippen LogP contribution is -2.35. The van der Waals surface area contributed by atoms with E-state index in [1.54, 1.807) is 0 Å². The zero-order valence-electron chi connectivity index (χ0n) is 11.9. The molecule has 1 aliphatic rings. The van der Waals surface area contributed by atoms with Crippen LogP contribution < -0.4 is 10.1 Å². The molecular weight excluding hydrogens is 258 g/mol. The van der Waals surface area contributed by atoms with Gasteiger partial charge in [-0.1, -0.05) is 31.9 Å². The van der Waals surface area contributed by atoms with Crippen molar-refractivity contribution >= 4 is 11.6 Å². The number of halogens is 1. The van der Waals surface area contributed by atoms with Crippen molar-refractivity contribution in [2.24, 2.45) is 0 Å². The summed E-state index contributed by atoms with van der Waals surface area (Å²) in [5, 5.41) is 4.33. The summed E-state index contributed by atoms with van der Waals surface area (Å²) in [7, 11) is 0. The Balaban J connectivity index is 1.88. The van der Waals surface area contributed by atoms with Crippen molar-refractivity contribution in [2.75, 3.05) is 13.2 Å². The van der Waals surface area contributed by atoms with Gasteiger partial charge in [0.25, 0.3) is 0 Å². The molecule has 1 N–H and O–H groups in total. The Morgan fingerprint density at radius 1 is 1.37 bits per heavy atom. The van der Waals surface area contributed by atoms with Crippen LogP contribution in [0.1, 0.15) is 51.0 Å². The van der Waals surface area contributed by atoms with E-state index in [1.807, 2.05) is 18.2 Å². The van der Waals surface area contributed by atoms with E-state index >= 15 is 0 Å². The lowest BCUT2D eigenvalue weighted by molar-refractivity contribution is 0.265. The van der Waals surface area contributed by atoms with Gasteiger partial charge in [0.1, 0.15) is 5.75 Å². The number of ether oxygens (including phenoxy) is 1. The Morgan fingerprint density at radius 3 is 2.89 bits per heavy atom. The summed E-state index contributed by atoms with van der Waals surface area (Å²) in [6, 6.07) is 6.54. The molecule has 1 aromatic carbocycles. The van der Waals surface area contributed by atoms with Gasteiger partial charge < -0.3 is 10.1 Å².